The SMILES string of the molecule is C=C(OC)C(F)(F)F.O=C(O)CC[n+]1ccc(-c2nc3cncnc3s2)cc1. The number of carboxylic acids is 1. The molecule has 0 saturated heterocycles. The molecule has 0 atom stereocenters. The van der Waals surface area contributed by atoms with E-state index in [1.165, 1.54) is 17.7 Å². The van der Waals surface area contributed by atoms with Crippen molar-refractivity contribution in [2.45, 2.75) is 19.1 Å². The average Bonchev–Trinajstić information content (AvgIpc) is 3.10. The highest BCUT2D eigenvalue weighted by molar-refractivity contribution is 7.21. The summed E-state index contributed by atoms with van der Waals surface area (Å²) in [5.74, 6) is -1.97. The minimum Gasteiger partial charge on any atom is -0.493 e. The van der Waals surface area contributed by atoms with Gasteiger partial charge in [0.1, 0.15) is 28.1 Å². The zero-order valence-electron chi connectivity index (χ0n) is 14.7. The first kappa shape index (κ1) is 21.2. The lowest BCUT2D eigenvalue weighted by Crippen LogP contribution is -2.33. The molecule has 0 aliphatic carbocycles. The standard InChI is InChI=1S/C13H10N4O2S.C4H5F3O/c18-11(19)3-6-17-4-1-9(2-5-17)12-16-10-7-14-8-15-13(10)20-12;1-3(8-2)4(5,6)7/h1-2,4-5,7-8H,3,6H2;1H2,2H3/p+1. The van der Waals surface area contributed by atoms with E-state index in [-0.39, 0.29) is 6.42 Å². The van der Waals surface area contributed by atoms with Crippen molar-refractivity contribution in [2.24, 2.45) is 0 Å². The van der Waals surface area contributed by atoms with E-state index in [0.29, 0.717) is 6.54 Å². The summed E-state index contributed by atoms with van der Waals surface area (Å²) in [4.78, 5) is 24.0. The van der Waals surface area contributed by atoms with E-state index < -0.39 is 17.9 Å². The molecule has 0 radical (unpaired) electrons. The summed E-state index contributed by atoms with van der Waals surface area (Å²) in [7, 11) is 0.926. The van der Waals surface area contributed by atoms with Crippen LogP contribution in [0, 0.1) is 0 Å². The van der Waals surface area contributed by atoms with Gasteiger partial charge in [0.05, 0.1) is 13.3 Å². The summed E-state index contributed by atoms with van der Waals surface area (Å²) < 4.78 is 39.3. The second-order valence-corrected chi connectivity index (χ2v) is 6.30. The molecule has 0 aliphatic rings. The number of aryl methyl sites for hydroxylation is 1. The van der Waals surface area contributed by atoms with Gasteiger partial charge in [0.25, 0.3) is 0 Å². The van der Waals surface area contributed by atoms with Gasteiger partial charge in [-0.15, -0.1) is 0 Å². The molecule has 3 heterocycles. The Morgan fingerprint density at radius 3 is 2.54 bits per heavy atom. The maximum Gasteiger partial charge on any atom is 0.448 e. The van der Waals surface area contributed by atoms with Crippen LogP contribution in [0.4, 0.5) is 13.2 Å². The number of fused-ring (bicyclic) bond motifs is 1. The molecule has 0 aromatic carbocycles. The zero-order chi connectivity index (χ0) is 20.7. The Hall–Kier alpha value is -3.08. The Morgan fingerprint density at radius 1 is 1.36 bits per heavy atom. The van der Waals surface area contributed by atoms with Gasteiger partial charge in [-0.3, -0.25) is 4.79 Å². The number of hydrogen-bond acceptors (Lipinski definition) is 6. The highest BCUT2D eigenvalue weighted by atomic mass is 32.1. The molecule has 0 bridgehead atoms. The lowest BCUT2D eigenvalue weighted by molar-refractivity contribution is -0.695. The number of nitrogens with zero attached hydrogens (tertiary/aromatic N) is 4. The molecule has 28 heavy (non-hydrogen) atoms. The predicted octanol–water partition coefficient (Wildman–Crippen LogP) is 3.22. The van der Waals surface area contributed by atoms with E-state index in [4.69, 9.17) is 5.11 Å². The summed E-state index contributed by atoms with van der Waals surface area (Å²) in [5, 5.41) is 9.53. The van der Waals surface area contributed by atoms with E-state index in [2.05, 4.69) is 26.3 Å². The minimum absolute atomic E-state index is 0.112. The number of pyridine rings is 1. The van der Waals surface area contributed by atoms with Gasteiger partial charge in [-0.05, 0) is 0 Å². The highest BCUT2D eigenvalue weighted by Crippen LogP contribution is 2.27. The van der Waals surface area contributed by atoms with Crippen LogP contribution in [0.2, 0.25) is 0 Å². The van der Waals surface area contributed by atoms with Gasteiger partial charge in [-0.25, -0.2) is 19.5 Å². The first-order chi connectivity index (χ1) is 13.2. The van der Waals surface area contributed by atoms with Crippen molar-refractivity contribution in [3.63, 3.8) is 0 Å². The van der Waals surface area contributed by atoms with Crippen molar-refractivity contribution in [2.75, 3.05) is 7.11 Å². The number of allylic oxidation sites excluding steroid dienone is 1. The molecular formula is C17H16F3N4O3S+. The molecule has 0 fully saturated rings. The number of ether oxygens (including phenoxy) is 1. The number of methoxy groups -OCH3 is 1. The Balaban J connectivity index is 0.000000300. The molecular weight excluding hydrogens is 397 g/mol. The van der Waals surface area contributed by atoms with Crippen molar-refractivity contribution in [3.8, 4) is 10.6 Å². The molecule has 0 saturated carbocycles. The van der Waals surface area contributed by atoms with E-state index in [1.54, 1.807) is 6.20 Å². The molecule has 11 heteroatoms. The quantitative estimate of drug-likeness (QED) is 0.510. The van der Waals surface area contributed by atoms with E-state index in [1.807, 2.05) is 29.1 Å². The fraction of sp³-hybridized carbons (Fsp3) is 0.235. The lowest BCUT2D eigenvalue weighted by Gasteiger charge is -2.06. The van der Waals surface area contributed by atoms with Crippen molar-refractivity contribution >= 4 is 27.7 Å². The number of carbonyl (C=O) groups is 1. The normalized spacial score (nSPS) is 10.9. The van der Waals surface area contributed by atoms with Gasteiger partial charge >= 0.3 is 12.1 Å². The molecule has 1 N–H and O–H groups in total. The third kappa shape index (κ3) is 5.98. The van der Waals surface area contributed by atoms with Crippen LogP contribution in [0.1, 0.15) is 6.42 Å². The molecule has 7 nitrogen and oxygen atoms in total. The Morgan fingerprint density at radius 2 is 2.04 bits per heavy atom. The van der Waals surface area contributed by atoms with Gasteiger partial charge in [-0.2, -0.15) is 13.2 Å². The van der Waals surface area contributed by atoms with E-state index in [0.717, 1.165) is 28.0 Å². The molecule has 0 aliphatic heterocycles. The van der Waals surface area contributed by atoms with Gasteiger partial charge in [0, 0.05) is 17.7 Å². The van der Waals surface area contributed by atoms with Crippen LogP contribution in [0.5, 0.6) is 0 Å². The maximum absolute atomic E-state index is 11.2. The Kier molecular flexibility index (Phi) is 6.99. The van der Waals surface area contributed by atoms with Crippen LogP contribution in [0.3, 0.4) is 0 Å². The van der Waals surface area contributed by atoms with Crippen LogP contribution >= 0.6 is 11.3 Å². The zero-order valence-corrected chi connectivity index (χ0v) is 15.5. The fourth-order valence-electron chi connectivity index (χ4n) is 1.90. The molecule has 0 amide bonds. The van der Waals surface area contributed by atoms with Crippen LogP contribution in [-0.2, 0) is 16.1 Å². The number of thiazole rings is 1. The molecule has 3 aromatic heterocycles. The smallest absolute Gasteiger partial charge is 0.448 e. The predicted molar refractivity (Wildman–Crippen MR) is 95.3 cm³/mol. The van der Waals surface area contributed by atoms with Crippen LogP contribution in [0.25, 0.3) is 20.9 Å². The number of rotatable bonds is 5. The first-order valence-corrected chi connectivity index (χ1v) is 8.60. The molecule has 0 spiro atoms. The van der Waals surface area contributed by atoms with Crippen molar-refractivity contribution in [1.29, 1.82) is 0 Å². The fourth-order valence-corrected chi connectivity index (χ4v) is 2.79. The van der Waals surface area contributed by atoms with Crippen molar-refractivity contribution < 1.29 is 32.4 Å². The molecule has 3 aromatic rings. The van der Waals surface area contributed by atoms with Crippen molar-refractivity contribution in [1.82, 2.24) is 15.0 Å². The summed E-state index contributed by atoms with van der Waals surface area (Å²) in [6, 6.07) is 3.85. The second kappa shape index (κ2) is 9.22. The average molecular weight is 413 g/mol. The van der Waals surface area contributed by atoms with Crippen LogP contribution in [-0.4, -0.2) is 39.3 Å². The number of carboxylic acid groups (broad SMARTS) is 1. The summed E-state index contributed by atoms with van der Waals surface area (Å²) >= 11 is 1.51. The summed E-state index contributed by atoms with van der Waals surface area (Å²) in [5.41, 5.74) is 1.77. The third-order valence-electron chi connectivity index (χ3n) is 3.36. The molecule has 0 unspecified atom stereocenters. The molecule has 148 valence electrons. The van der Waals surface area contributed by atoms with Gasteiger partial charge in [0.15, 0.2) is 24.7 Å². The number of halogens is 3. The van der Waals surface area contributed by atoms with E-state index >= 15 is 0 Å². The number of aromatic nitrogens is 4. The lowest BCUT2D eigenvalue weighted by atomic mass is 10.3. The number of alkyl halides is 3. The van der Waals surface area contributed by atoms with Gasteiger partial charge in [-0.1, -0.05) is 17.9 Å². The largest absolute Gasteiger partial charge is 0.493 e. The topological polar surface area (TPSA) is 89.1 Å². The Bertz CT molecular complexity index is 925. The third-order valence-corrected chi connectivity index (χ3v) is 4.39. The minimum atomic E-state index is -4.41. The van der Waals surface area contributed by atoms with Gasteiger partial charge in [0.2, 0.25) is 0 Å². The summed E-state index contributed by atoms with van der Waals surface area (Å²) in [6.07, 6.45) is 2.62. The highest BCUT2D eigenvalue weighted by Gasteiger charge is 2.33. The number of hydrogen-bond donors (Lipinski definition) is 1. The van der Waals surface area contributed by atoms with Crippen LogP contribution in [0.15, 0.2) is 49.4 Å². The monoisotopic (exact) mass is 413 g/mol. The van der Waals surface area contributed by atoms with Crippen molar-refractivity contribution in [3.05, 3.63) is 49.4 Å². The maximum atomic E-state index is 11.2. The number of aliphatic carboxylic acids is 1. The first-order valence-electron chi connectivity index (χ1n) is 7.78. The van der Waals surface area contributed by atoms with Crippen LogP contribution < -0.4 is 4.57 Å². The Labute approximate surface area is 161 Å². The summed E-state index contributed by atoms with van der Waals surface area (Å²) in [6.45, 7) is 3.06. The second-order valence-electron chi connectivity index (χ2n) is 5.33. The molecule has 3 rings (SSSR count). The van der Waals surface area contributed by atoms with Gasteiger partial charge < -0.3 is 9.84 Å². The van der Waals surface area contributed by atoms with E-state index in [9.17, 15) is 18.0 Å².